The quantitative estimate of drug-likeness (QED) is 0.819. The van der Waals surface area contributed by atoms with Crippen LogP contribution >= 0.6 is 0 Å². The fourth-order valence-electron chi connectivity index (χ4n) is 4.32. The number of hydrogen-bond acceptors (Lipinski definition) is 2. The van der Waals surface area contributed by atoms with Crippen molar-refractivity contribution >= 4 is 0 Å². The third kappa shape index (κ3) is 2.26. The first-order chi connectivity index (χ1) is 8.12. The summed E-state index contributed by atoms with van der Waals surface area (Å²) < 4.78 is 0. The summed E-state index contributed by atoms with van der Waals surface area (Å²) in [4.78, 5) is 2.68. The predicted octanol–water partition coefficient (Wildman–Crippen LogP) is 3.01. The van der Waals surface area contributed by atoms with E-state index in [1.54, 1.807) is 0 Å². The molecule has 2 N–H and O–H groups in total. The van der Waals surface area contributed by atoms with E-state index in [2.05, 4.69) is 25.8 Å². The molecule has 3 atom stereocenters. The molecule has 0 radical (unpaired) electrons. The van der Waals surface area contributed by atoms with E-state index in [1.165, 1.54) is 44.9 Å². The highest BCUT2D eigenvalue weighted by Gasteiger charge is 2.45. The van der Waals surface area contributed by atoms with Gasteiger partial charge in [0.25, 0.3) is 0 Å². The van der Waals surface area contributed by atoms with E-state index in [1.807, 2.05) is 0 Å². The summed E-state index contributed by atoms with van der Waals surface area (Å²) in [5.41, 5.74) is 6.50. The van der Waals surface area contributed by atoms with Crippen LogP contribution in [0.3, 0.4) is 0 Å². The first kappa shape index (κ1) is 13.4. The highest BCUT2D eigenvalue weighted by Crippen LogP contribution is 2.43. The summed E-state index contributed by atoms with van der Waals surface area (Å²) in [5, 5.41) is 0. The summed E-state index contributed by atoms with van der Waals surface area (Å²) in [6.07, 6.45) is 9.67. The molecule has 0 aromatic rings. The summed E-state index contributed by atoms with van der Waals surface area (Å²) in [5.74, 6) is 1.57. The Balaban J connectivity index is 2.16. The first-order valence-electron chi connectivity index (χ1n) is 7.55. The minimum atomic E-state index is 0.284. The van der Waals surface area contributed by atoms with Crippen molar-refractivity contribution in [2.75, 3.05) is 13.6 Å². The van der Waals surface area contributed by atoms with Crippen LogP contribution in [0.5, 0.6) is 0 Å². The molecule has 0 heterocycles. The molecule has 0 aromatic carbocycles. The van der Waals surface area contributed by atoms with E-state index in [9.17, 15) is 0 Å². The van der Waals surface area contributed by atoms with Gasteiger partial charge in [-0.25, -0.2) is 0 Å². The minimum absolute atomic E-state index is 0.284. The van der Waals surface area contributed by atoms with Crippen LogP contribution < -0.4 is 5.73 Å². The Labute approximate surface area is 107 Å². The van der Waals surface area contributed by atoms with Crippen LogP contribution in [0.15, 0.2) is 0 Å². The molecular weight excluding hydrogens is 208 g/mol. The van der Waals surface area contributed by atoms with E-state index in [4.69, 9.17) is 5.73 Å². The van der Waals surface area contributed by atoms with Crippen molar-refractivity contribution in [2.24, 2.45) is 17.6 Å². The SMILES string of the molecule is CC1CCCC(CN)(N(C)C2CCCC2)C1C. The number of hydrogen-bond donors (Lipinski definition) is 1. The van der Waals surface area contributed by atoms with Gasteiger partial charge in [0.2, 0.25) is 0 Å². The van der Waals surface area contributed by atoms with E-state index in [-0.39, 0.29) is 5.54 Å². The number of nitrogens with zero attached hydrogens (tertiary/aromatic N) is 1. The Morgan fingerprint density at radius 2 is 1.76 bits per heavy atom. The smallest absolute Gasteiger partial charge is 0.0359 e. The molecule has 2 saturated carbocycles. The number of likely N-dealkylation sites (N-methyl/N-ethyl adjacent to an activating group) is 1. The van der Waals surface area contributed by atoms with Gasteiger partial charge in [0, 0.05) is 18.1 Å². The van der Waals surface area contributed by atoms with Gasteiger partial charge in [0.1, 0.15) is 0 Å². The molecule has 0 bridgehead atoms. The number of rotatable bonds is 3. The zero-order chi connectivity index (χ0) is 12.5. The molecule has 2 aliphatic rings. The summed E-state index contributed by atoms with van der Waals surface area (Å²) in [6.45, 7) is 5.68. The van der Waals surface area contributed by atoms with Gasteiger partial charge in [-0.1, -0.05) is 39.5 Å². The van der Waals surface area contributed by atoms with E-state index >= 15 is 0 Å². The molecule has 0 saturated heterocycles. The van der Waals surface area contributed by atoms with Crippen LogP contribution in [0.1, 0.15) is 58.8 Å². The van der Waals surface area contributed by atoms with Crippen LogP contribution in [0, 0.1) is 11.8 Å². The van der Waals surface area contributed by atoms with Crippen molar-refractivity contribution in [3.05, 3.63) is 0 Å². The average molecular weight is 238 g/mol. The Morgan fingerprint density at radius 1 is 1.12 bits per heavy atom. The van der Waals surface area contributed by atoms with Crippen LogP contribution in [0.25, 0.3) is 0 Å². The second-order valence-electron chi connectivity index (χ2n) is 6.52. The maximum Gasteiger partial charge on any atom is 0.0359 e. The molecule has 2 aliphatic carbocycles. The Bertz CT molecular complexity index is 247. The van der Waals surface area contributed by atoms with Gasteiger partial charge in [-0.15, -0.1) is 0 Å². The molecule has 17 heavy (non-hydrogen) atoms. The summed E-state index contributed by atoms with van der Waals surface area (Å²) in [6, 6.07) is 0.797. The molecule has 0 aromatic heterocycles. The van der Waals surface area contributed by atoms with Crippen molar-refractivity contribution in [1.82, 2.24) is 4.90 Å². The lowest BCUT2D eigenvalue weighted by Gasteiger charge is -2.53. The Morgan fingerprint density at radius 3 is 2.35 bits per heavy atom. The minimum Gasteiger partial charge on any atom is -0.329 e. The largest absolute Gasteiger partial charge is 0.329 e. The lowest BCUT2D eigenvalue weighted by molar-refractivity contribution is -0.0184. The summed E-state index contributed by atoms with van der Waals surface area (Å²) >= 11 is 0. The molecule has 0 amide bonds. The molecule has 0 aliphatic heterocycles. The molecule has 2 nitrogen and oxygen atoms in total. The van der Waals surface area contributed by atoms with Crippen molar-refractivity contribution in [3.8, 4) is 0 Å². The zero-order valence-electron chi connectivity index (χ0n) is 11.9. The topological polar surface area (TPSA) is 29.3 Å². The van der Waals surface area contributed by atoms with Crippen molar-refractivity contribution < 1.29 is 0 Å². The van der Waals surface area contributed by atoms with Gasteiger partial charge in [-0.3, -0.25) is 4.90 Å². The second-order valence-corrected chi connectivity index (χ2v) is 6.52. The zero-order valence-corrected chi connectivity index (χ0v) is 11.9. The first-order valence-corrected chi connectivity index (χ1v) is 7.55. The van der Waals surface area contributed by atoms with Gasteiger partial charge in [0.15, 0.2) is 0 Å². The fraction of sp³-hybridized carbons (Fsp3) is 1.00. The predicted molar refractivity (Wildman–Crippen MR) is 74.0 cm³/mol. The molecule has 2 heteroatoms. The van der Waals surface area contributed by atoms with Gasteiger partial charge in [-0.05, 0) is 38.1 Å². The lowest BCUT2D eigenvalue weighted by atomic mass is 9.67. The molecule has 100 valence electrons. The van der Waals surface area contributed by atoms with Gasteiger partial charge >= 0.3 is 0 Å². The average Bonchev–Trinajstić information content (AvgIpc) is 2.86. The van der Waals surface area contributed by atoms with Gasteiger partial charge in [0.05, 0.1) is 0 Å². The molecule has 2 rings (SSSR count). The van der Waals surface area contributed by atoms with Crippen molar-refractivity contribution in [2.45, 2.75) is 70.4 Å². The van der Waals surface area contributed by atoms with Crippen LogP contribution in [-0.2, 0) is 0 Å². The standard InChI is InChI=1S/C15H30N2/c1-12-7-6-10-15(11-16,13(12)2)17(3)14-8-4-5-9-14/h12-14H,4-11,16H2,1-3H3. The maximum absolute atomic E-state index is 6.22. The van der Waals surface area contributed by atoms with Gasteiger partial charge < -0.3 is 5.73 Å². The molecular formula is C15H30N2. The Kier molecular flexibility index (Phi) is 4.14. The second kappa shape index (κ2) is 5.27. The monoisotopic (exact) mass is 238 g/mol. The third-order valence-electron chi connectivity index (χ3n) is 5.90. The van der Waals surface area contributed by atoms with Crippen LogP contribution in [-0.4, -0.2) is 30.1 Å². The van der Waals surface area contributed by atoms with Gasteiger partial charge in [-0.2, -0.15) is 0 Å². The molecule has 0 spiro atoms. The molecule has 3 unspecified atom stereocenters. The normalized spacial score (nSPS) is 40.1. The fourth-order valence-corrected chi connectivity index (χ4v) is 4.32. The summed E-state index contributed by atoms with van der Waals surface area (Å²) in [7, 11) is 2.34. The van der Waals surface area contributed by atoms with Crippen LogP contribution in [0.4, 0.5) is 0 Å². The van der Waals surface area contributed by atoms with Crippen molar-refractivity contribution in [3.63, 3.8) is 0 Å². The molecule has 2 fully saturated rings. The highest BCUT2D eigenvalue weighted by molar-refractivity contribution is 5.01. The number of nitrogens with two attached hydrogens (primary N) is 1. The highest BCUT2D eigenvalue weighted by atomic mass is 15.2. The maximum atomic E-state index is 6.22. The van der Waals surface area contributed by atoms with Crippen molar-refractivity contribution in [1.29, 1.82) is 0 Å². The van der Waals surface area contributed by atoms with E-state index < -0.39 is 0 Å². The van der Waals surface area contributed by atoms with Crippen LogP contribution in [0.2, 0.25) is 0 Å². The lowest BCUT2D eigenvalue weighted by Crippen LogP contribution is -2.61. The van der Waals surface area contributed by atoms with E-state index in [0.717, 1.165) is 24.4 Å². The van der Waals surface area contributed by atoms with E-state index in [0.29, 0.717) is 0 Å². The third-order valence-corrected chi connectivity index (χ3v) is 5.90. The Hall–Kier alpha value is -0.0800.